The van der Waals surface area contributed by atoms with E-state index in [4.69, 9.17) is 0 Å². The largest absolute Gasteiger partial charge is 0.326 e. The zero-order valence-corrected chi connectivity index (χ0v) is 15.0. The second kappa shape index (κ2) is 6.82. The number of imide groups is 1. The molecule has 1 aromatic carbocycles. The van der Waals surface area contributed by atoms with E-state index in [1.54, 1.807) is 0 Å². The lowest BCUT2D eigenvalue weighted by molar-refractivity contribution is -0.140. The van der Waals surface area contributed by atoms with Gasteiger partial charge in [-0.25, -0.2) is 0 Å². The third kappa shape index (κ3) is 3.36. The Hall–Kier alpha value is -2.43. The quantitative estimate of drug-likeness (QED) is 0.677. The molecular formula is C20H24N2O3. The Labute approximate surface area is 148 Å². The first-order valence-corrected chi connectivity index (χ1v) is 8.76. The molecule has 3 rings (SSSR count). The van der Waals surface area contributed by atoms with Gasteiger partial charge < -0.3 is 5.32 Å². The van der Waals surface area contributed by atoms with E-state index >= 15 is 0 Å². The lowest BCUT2D eigenvalue weighted by atomic mass is 9.85. The maximum atomic E-state index is 12.4. The van der Waals surface area contributed by atoms with E-state index in [2.05, 4.69) is 5.32 Å². The van der Waals surface area contributed by atoms with Crippen molar-refractivity contribution in [3.8, 4) is 0 Å². The summed E-state index contributed by atoms with van der Waals surface area (Å²) in [6.07, 6.45) is 5.30. The van der Waals surface area contributed by atoms with Crippen molar-refractivity contribution in [3.63, 3.8) is 0 Å². The van der Waals surface area contributed by atoms with Crippen molar-refractivity contribution in [1.29, 1.82) is 0 Å². The number of hydrogen-bond acceptors (Lipinski definition) is 3. The van der Waals surface area contributed by atoms with Crippen molar-refractivity contribution >= 4 is 23.4 Å². The van der Waals surface area contributed by atoms with Crippen molar-refractivity contribution in [2.24, 2.45) is 11.8 Å². The second-order valence-corrected chi connectivity index (χ2v) is 7.06. The zero-order valence-electron chi connectivity index (χ0n) is 15.0. The Morgan fingerprint density at radius 2 is 1.56 bits per heavy atom. The fourth-order valence-electron chi connectivity index (χ4n) is 3.88. The Kier molecular flexibility index (Phi) is 4.75. The molecule has 3 amide bonds. The molecule has 132 valence electrons. The average Bonchev–Trinajstić information content (AvgIpc) is 2.81. The highest BCUT2D eigenvalue weighted by Gasteiger charge is 2.46. The number of carbonyl (C=O) groups excluding carboxylic acids is 3. The first-order valence-electron chi connectivity index (χ1n) is 8.76. The minimum absolute atomic E-state index is 0.122. The van der Waals surface area contributed by atoms with E-state index in [1.165, 1.54) is 4.90 Å². The van der Waals surface area contributed by atoms with Gasteiger partial charge in [0.2, 0.25) is 17.7 Å². The molecule has 0 unspecified atom stereocenters. The molecule has 0 spiro atoms. The second-order valence-electron chi connectivity index (χ2n) is 7.06. The van der Waals surface area contributed by atoms with Crippen molar-refractivity contribution < 1.29 is 14.4 Å². The number of hydrogen-bond donors (Lipinski definition) is 1. The topological polar surface area (TPSA) is 66.5 Å². The summed E-state index contributed by atoms with van der Waals surface area (Å²) in [5.74, 6) is -0.905. The monoisotopic (exact) mass is 340 g/mol. The predicted octanol–water partition coefficient (Wildman–Crippen LogP) is 2.89. The van der Waals surface area contributed by atoms with Gasteiger partial charge in [0.1, 0.15) is 0 Å². The average molecular weight is 340 g/mol. The van der Waals surface area contributed by atoms with Gasteiger partial charge in [0.25, 0.3) is 0 Å². The van der Waals surface area contributed by atoms with E-state index in [1.807, 2.05) is 45.1 Å². The van der Waals surface area contributed by atoms with Gasteiger partial charge in [-0.15, -0.1) is 0 Å². The van der Waals surface area contributed by atoms with E-state index in [0.717, 1.165) is 22.4 Å². The summed E-state index contributed by atoms with van der Waals surface area (Å²) in [5.41, 5.74) is 3.98. The van der Waals surface area contributed by atoms with E-state index in [0.29, 0.717) is 12.8 Å². The smallest absolute Gasteiger partial charge is 0.233 e. The molecule has 25 heavy (non-hydrogen) atoms. The van der Waals surface area contributed by atoms with Crippen LogP contribution in [0, 0.1) is 32.6 Å². The molecule has 5 nitrogen and oxygen atoms in total. The number of nitrogens with one attached hydrogen (secondary N) is 1. The van der Waals surface area contributed by atoms with Crippen molar-refractivity contribution in [1.82, 2.24) is 4.90 Å². The van der Waals surface area contributed by atoms with Crippen LogP contribution in [-0.2, 0) is 14.4 Å². The van der Waals surface area contributed by atoms with Crippen LogP contribution in [-0.4, -0.2) is 29.2 Å². The standard InChI is InChI=1S/C20H24N2O3/c1-12-10-13(2)18(14(3)11-12)21-17(23)8-9-22-19(24)15-6-4-5-7-16(15)20(22)25/h4-5,10-11,15-16H,6-9H2,1-3H3,(H,21,23)/t15-,16+. The van der Waals surface area contributed by atoms with Gasteiger partial charge in [0, 0.05) is 18.7 Å². The summed E-state index contributed by atoms with van der Waals surface area (Å²) in [6.45, 7) is 6.09. The van der Waals surface area contributed by atoms with E-state index in [-0.39, 0.29) is 42.5 Å². The van der Waals surface area contributed by atoms with Gasteiger partial charge in [-0.2, -0.15) is 0 Å². The summed E-state index contributed by atoms with van der Waals surface area (Å²) >= 11 is 0. The molecule has 0 aromatic heterocycles. The molecule has 0 saturated carbocycles. The van der Waals surface area contributed by atoms with Crippen LogP contribution < -0.4 is 5.32 Å². The number of aryl methyl sites for hydroxylation is 3. The Bertz CT molecular complexity index is 717. The zero-order chi connectivity index (χ0) is 18.1. The van der Waals surface area contributed by atoms with Gasteiger partial charge in [0.15, 0.2) is 0 Å². The Morgan fingerprint density at radius 1 is 1.04 bits per heavy atom. The third-order valence-corrected chi connectivity index (χ3v) is 5.10. The number of amides is 3. The van der Waals surface area contributed by atoms with Crippen LogP contribution in [0.4, 0.5) is 5.69 Å². The normalized spacial score (nSPS) is 22.3. The molecule has 0 bridgehead atoms. The third-order valence-electron chi connectivity index (χ3n) is 5.10. The summed E-state index contributed by atoms with van der Waals surface area (Å²) in [6, 6.07) is 4.04. The number of likely N-dealkylation sites (tertiary alicyclic amines) is 1. The van der Waals surface area contributed by atoms with Crippen molar-refractivity contribution in [3.05, 3.63) is 41.0 Å². The maximum absolute atomic E-state index is 12.4. The number of rotatable bonds is 4. The maximum Gasteiger partial charge on any atom is 0.233 e. The number of benzene rings is 1. The van der Waals surface area contributed by atoms with Gasteiger partial charge in [-0.3, -0.25) is 19.3 Å². The molecular weight excluding hydrogens is 316 g/mol. The number of anilines is 1. The number of nitrogens with zero attached hydrogens (tertiary/aromatic N) is 1. The van der Waals surface area contributed by atoms with Crippen LogP contribution in [0.1, 0.15) is 36.0 Å². The molecule has 1 aromatic rings. The van der Waals surface area contributed by atoms with Gasteiger partial charge in [-0.05, 0) is 44.7 Å². The molecule has 1 fully saturated rings. The molecule has 2 atom stereocenters. The lowest BCUT2D eigenvalue weighted by Crippen LogP contribution is -2.34. The fourth-order valence-corrected chi connectivity index (χ4v) is 3.88. The first-order chi connectivity index (χ1) is 11.9. The summed E-state index contributed by atoms with van der Waals surface area (Å²) < 4.78 is 0. The molecule has 2 aliphatic rings. The summed E-state index contributed by atoms with van der Waals surface area (Å²) in [7, 11) is 0. The SMILES string of the molecule is Cc1cc(C)c(NC(=O)CCN2C(=O)[C@H]3CC=CC[C@H]3C2=O)c(C)c1. The minimum atomic E-state index is -0.234. The van der Waals surface area contributed by atoms with Crippen LogP contribution in [0.25, 0.3) is 0 Å². The summed E-state index contributed by atoms with van der Waals surface area (Å²) in [5, 5.41) is 2.92. The van der Waals surface area contributed by atoms with Crippen molar-refractivity contribution in [2.45, 2.75) is 40.0 Å². The number of allylic oxidation sites excluding steroid dienone is 2. The van der Waals surface area contributed by atoms with Gasteiger partial charge in [0.05, 0.1) is 11.8 Å². The van der Waals surface area contributed by atoms with Crippen LogP contribution in [0.15, 0.2) is 24.3 Å². The molecule has 5 heteroatoms. The van der Waals surface area contributed by atoms with Gasteiger partial charge >= 0.3 is 0 Å². The molecule has 1 saturated heterocycles. The molecule has 1 heterocycles. The summed E-state index contributed by atoms with van der Waals surface area (Å²) in [4.78, 5) is 38.4. The fraction of sp³-hybridized carbons (Fsp3) is 0.450. The molecule has 1 N–H and O–H groups in total. The van der Waals surface area contributed by atoms with Crippen molar-refractivity contribution in [2.75, 3.05) is 11.9 Å². The molecule has 0 radical (unpaired) electrons. The highest BCUT2D eigenvalue weighted by Crippen LogP contribution is 2.35. The molecule has 1 aliphatic carbocycles. The Morgan fingerprint density at radius 3 is 2.08 bits per heavy atom. The van der Waals surface area contributed by atoms with Crippen LogP contribution in [0.5, 0.6) is 0 Å². The Balaban J connectivity index is 1.62. The molecule has 1 aliphatic heterocycles. The highest BCUT2D eigenvalue weighted by atomic mass is 16.2. The minimum Gasteiger partial charge on any atom is -0.326 e. The van der Waals surface area contributed by atoms with Gasteiger partial charge in [-0.1, -0.05) is 29.8 Å². The lowest BCUT2D eigenvalue weighted by Gasteiger charge is -2.16. The number of fused-ring (bicyclic) bond motifs is 1. The van der Waals surface area contributed by atoms with Crippen LogP contribution in [0.2, 0.25) is 0 Å². The first kappa shape index (κ1) is 17.4. The predicted molar refractivity (Wildman–Crippen MR) is 96.0 cm³/mol. The number of carbonyl (C=O) groups is 3. The highest BCUT2D eigenvalue weighted by molar-refractivity contribution is 6.06. The van der Waals surface area contributed by atoms with E-state index < -0.39 is 0 Å². The van der Waals surface area contributed by atoms with Crippen LogP contribution in [0.3, 0.4) is 0 Å². The van der Waals surface area contributed by atoms with Crippen LogP contribution >= 0.6 is 0 Å². The van der Waals surface area contributed by atoms with E-state index in [9.17, 15) is 14.4 Å².